The smallest absolute Gasteiger partial charge is 0.169 e. The molecule has 0 spiro atoms. The fourth-order valence-corrected chi connectivity index (χ4v) is 5.19. The van der Waals surface area contributed by atoms with E-state index >= 15 is 0 Å². The average molecular weight is 405 g/mol. The summed E-state index contributed by atoms with van der Waals surface area (Å²) in [6.45, 7) is 0.851. The summed E-state index contributed by atoms with van der Waals surface area (Å²) in [6, 6.07) is 7.41. The maximum atomic E-state index is 5.91. The molecular formula is C23H36N2O2S. The molecule has 0 aliphatic heterocycles. The normalized spacial score (nSPS) is 18.5. The molecule has 28 heavy (non-hydrogen) atoms. The van der Waals surface area contributed by atoms with Crippen LogP contribution in [0, 0.1) is 0 Å². The Morgan fingerprint density at radius 3 is 2.04 bits per heavy atom. The number of rotatable bonds is 7. The minimum atomic E-state index is 0.637. The van der Waals surface area contributed by atoms with E-state index in [1.54, 1.807) is 14.2 Å². The van der Waals surface area contributed by atoms with Gasteiger partial charge in [0.05, 0.1) is 14.2 Å². The van der Waals surface area contributed by atoms with Crippen LogP contribution < -0.4 is 14.8 Å². The number of hydrogen-bond donors (Lipinski definition) is 1. The van der Waals surface area contributed by atoms with Crippen LogP contribution in [0.5, 0.6) is 11.5 Å². The first kappa shape index (κ1) is 21.2. The molecule has 0 amide bonds. The molecule has 1 N–H and O–H groups in total. The number of benzene rings is 1. The molecule has 2 aliphatic carbocycles. The number of thiocarbonyl (C=S) groups is 1. The summed E-state index contributed by atoms with van der Waals surface area (Å²) in [4.78, 5) is 2.60. The highest BCUT2D eigenvalue weighted by Crippen LogP contribution is 2.30. The zero-order chi connectivity index (χ0) is 19.8. The van der Waals surface area contributed by atoms with E-state index < -0.39 is 0 Å². The van der Waals surface area contributed by atoms with Gasteiger partial charge in [-0.25, -0.2) is 0 Å². The Bertz CT molecular complexity index is 607. The van der Waals surface area contributed by atoms with Crippen molar-refractivity contribution in [3.63, 3.8) is 0 Å². The topological polar surface area (TPSA) is 33.7 Å². The van der Waals surface area contributed by atoms with Gasteiger partial charge in [-0.15, -0.1) is 0 Å². The van der Waals surface area contributed by atoms with E-state index in [1.165, 1.54) is 69.8 Å². The lowest BCUT2D eigenvalue weighted by molar-refractivity contribution is 0.156. The monoisotopic (exact) mass is 404 g/mol. The van der Waals surface area contributed by atoms with Crippen molar-refractivity contribution in [2.75, 3.05) is 20.8 Å². The van der Waals surface area contributed by atoms with Gasteiger partial charge in [-0.3, -0.25) is 0 Å². The molecule has 2 saturated carbocycles. The molecule has 0 saturated heterocycles. The summed E-state index contributed by atoms with van der Waals surface area (Å²) in [5.74, 6) is 1.56. The number of nitrogens with zero attached hydrogens (tertiary/aromatic N) is 1. The van der Waals surface area contributed by atoms with Gasteiger partial charge in [0.15, 0.2) is 16.6 Å². The first-order valence-electron chi connectivity index (χ1n) is 11.0. The van der Waals surface area contributed by atoms with Crippen LogP contribution in [0.4, 0.5) is 0 Å². The van der Waals surface area contributed by atoms with Crippen molar-refractivity contribution in [3.8, 4) is 11.5 Å². The Balaban J connectivity index is 1.58. The van der Waals surface area contributed by atoms with Gasteiger partial charge < -0.3 is 19.7 Å². The van der Waals surface area contributed by atoms with E-state index in [2.05, 4.69) is 22.3 Å². The van der Waals surface area contributed by atoms with E-state index in [1.807, 2.05) is 6.07 Å². The van der Waals surface area contributed by atoms with Crippen LogP contribution >= 0.6 is 12.2 Å². The second kappa shape index (κ2) is 10.9. The van der Waals surface area contributed by atoms with Gasteiger partial charge in [0.25, 0.3) is 0 Å². The molecule has 0 radical (unpaired) electrons. The molecule has 1 aromatic rings. The van der Waals surface area contributed by atoms with Gasteiger partial charge in [0.1, 0.15) is 0 Å². The van der Waals surface area contributed by atoms with Gasteiger partial charge in [-0.1, -0.05) is 44.6 Å². The van der Waals surface area contributed by atoms with Crippen LogP contribution in [0.25, 0.3) is 0 Å². The quantitative estimate of drug-likeness (QED) is 0.640. The van der Waals surface area contributed by atoms with Crippen LogP contribution in [0.2, 0.25) is 0 Å². The van der Waals surface area contributed by atoms with Crippen molar-refractivity contribution in [1.82, 2.24) is 10.2 Å². The summed E-state index contributed by atoms with van der Waals surface area (Å²) in [5.41, 5.74) is 1.23. The molecule has 0 unspecified atom stereocenters. The van der Waals surface area contributed by atoms with Gasteiger partial charge >= 0.3 is 0 Å². The number of ether oxygens (including phenoxy) is 2. The summed E-state index contributed by atoms with van der Waals surface area (Å²) in [7, 11) is 3.35. The van der Waals surface area contributed by atoms with Gasteiger partial charge in [-0.05, 0) is 62.0 Å². The minimum Gasteiger partial charge on any atom is -0.493 e. The lowest BCUT2D eigenvalue weighted by Gasteiger charge is -2.43. The highest BCUT2D eigenvalue weighted by molar-refractivity contribution is 7.80. The first-order valence-corrected chi connectivity index (χ1v) is 11.4. The Kier molecular flexibility index (Phi) is 8.26. The largest absolute Gasteiger partial charge is 0.493 e. The number of nitrogens with one attached hydrogen (secondary N) is 1. The molecule has 2 aliphatic rings. The van der Waals surface area contributed by atoms with E-state index in [9.17, 15) is 0 Å². The Labute approximate surface area is 176 Å². The Morgan fingerprint density at radius 1 is 0.929 bits per heavy atom. The average Bonchev–Trinajstić information content (AvgIpc) is 2.75. The Hall–Kier alpha value is -1.49. The summed E-state index contributed by atoms with van der Waals surface area (Å²) >= 11 is 5.91. The van der Waals surface area contributed by atoms with E-state index in [-0.39, 0.29) is 0 Å². The zero-order valence-electron chi connectivity index (χ0n) is 17.5. The van der Waals surface area contributed by atoms with E-state index in [0.29, 0.717) is 12.1 Å². The van der Waals surface area contributed by atoms with Crippen LogP contribution in [-0.4, -0.2) is 42.9 Å². The number of methoxy groups -OCH3 is 2. The lowest BCUT2D eigenvalue weighted by Crippen LogP contribution is -2.52. The molecule has 3 rings (SSSR count). The zero-order valence-corrected chi connectivity index (χ0v) is 18.4. The molecule has 1 aromatic carbocycles. The molecular weight excluding hydrogens is 368 g/mol. The van der Waals surface area contributed by atoms with Crippen molar-refractivity contribution < 1.29 is 9.47 Å². The summed E-state index contributed by atoms with van der Waals surface area (Å²) in [6.07, 6.45) is 14.3. The van der Waals surface area contributed by atoms with Crippen molar-refractivity contribution in [1.29, 1.82) is 0 Å². The maximum absolute atomic E-state index is 5.91. The number of hydrogen-bond acceptors (Lipinski definition) is 3. The Morgan fingerprint density at radius 2 is 1.50 bits per heavy atom. The third-order valence-corrected chi connectivity index (χ3v) is 6.66. The van der Waals surface area contributed by atoms with E-state index in [4.69, 9.17) is 21.7 Å². The lowest BCUT2D eigenvalue weighted by atomic mass is 9.89. The van der Waals surface area contributed by atoms with Crippen LogP contribution in [0.15, 0.2) is 18.2 Å². The maximum Gasteiger partial charge on any atom is 0.169 e. The highest BCUT2D eigenvalue weighted by atomic mass is 32.1. The molecule has 0 heterocycles. The summed E-state index contributed by atoms with van der Waals surface area (Å²) < 4.78 is 10.8. The minimum absolute atomic E-state index is 0.637. The molecule has 5 heteroatoms. The molecule has 0 bridgehead atoms. The van der Waals surface area contributed by atoms with E-state index in [0.717, 1.165) is 29.6 Å². The third kappa shape index (κ3) is 5.53. The van der Waals surface area contributed by atoms with Crippen molar-refractivity contribution >= 4 is 17.3 Å². The van der Waals surface area contributed by atoms with Gasteiger partial charge in [-0.2, -0.15) is 0 Å². The van der Waals surface area contributed by atoms with Crippen LogP contribution in [0.3, 0.4) is 0 Å². The predicted octanol–water partition coefficient (Wildman–Crippen LogP) is 5.09. The van der Waals surface area contributed by atoms with Gasteiger partial charge in [0.2, 0.25) is 0 Å². The summed E-state index contributed by atoms with van der Waals surface area (Å²) in [5, 5.41) is 4.55. The van der Waals surface area contributed by atoms with Crippen LogP contribution in [-0.2, 0) is 6.42 Å². The molecule has 0 atom stereocenters. The van der Waals surface area contributed by atoms with Crippen molar-refractivity contribution in [2.45, 2.75) is 82.7 Å². The fourth-order valence-electron chi connectivity index (χ4n) is 4.79. The van der Waals surface area contributed by atoms with Crippen molar-refractivity contribution in [3.05, 3.63) is 23.8 Å². The molecule has 0 aromatic heterocycles. The molecule has 2 fully saturated rings. The van der Waals surface area contributed by atoms with Crippen molar-refractivity contribution in [2.24, 2.45) is 0 Å². The second-order valence-electron chi connectivity index (χ2n) is 8.16. The fraction of sp³-hybridized carbons (Fsp3) is 0.696. The predicted molar refractivity (Wildman–Crippen MR) is 119 cm³/mol. The highest BCUT2D eigenvalue weighted by Gasteiger charge is 2.30. The molecule has 156 valence electrons. The SMILES string of the molecule is COc1ccc(CCNC(=S)N(C2CCCCC2)C2CCCCC2)cc1OC. The standard InChI is InChI=1S/C23H36N2O2S/c1-26-21-14-13-18(17-22(21)27-2)15-16-24-23(28)25(19-9-5-3-6-10-19)20-11-7-4-8-12-20/h13-14,17,19-20H,3-12,15-16H2,1-2H3,(H,24,28). The van der Waals surface area contributed by atoms with Crippen LogP contribution in [0.1, 0.15) is 69.8 Å². The molecule has 4 nitrogen and oxygen atoms in total. The second-order valence-corrected chi connectivity index (χ2v) is 8.55. The third-order valence-electron chi connectivity index (χ3n) is 6.31. The first-order chi connectivity index (χ1) is 13.7. The van der Waals surface area contributed by atoms with Gasteiger partial charge in [0, 0.05) is 18.6 Å².